The maximum Gasteiger partial charge on any atom is 0.130 e. The third-order valence-corrected chi connectivity index (χ3v) is 3.64. The average Bonchev–Trinajstić information content (AvgIpc) is 3.29. The number of nitrogens with zero attached hydrogens (tertiary/aromatic N) is 1. The number of benzene rings is 1. The predicted octanol–water partition coefficient (Wildman–Crippen LogP) is 3.67. The molecular weight excluding hydrogens is 248 g/mol. The van der Waals surface area contributed by atoms with E-state index in [-0.39, 0.29) is 0 Å². The van der Waals surface area contributed by atoms with Gasteiger partial charge < -0.3 is 10.1 Å². The van der Waals surface area contributed by atoms with E-state index in [0.717, 1.165) is 48.3 Å². The zero-order valence-corrected chi connectivity index (χ0v) is 12.1. The monoisotopic (exact) mass is 270 g/mol. The minimum Gasteiger partial charge on any atom is -0.493 e. The summed E-state index contributed by atoms with van der Waals surface area (Å²) in [6.07, 6.45) is 4.84. The van der Waals surface area contributed by atoms with Gasteiger partial charge in [-0.3, -0.25) is 4.98 Å². The van der Waals surface area contributed by atoms with Gasteiger partial charge in [-0.25, -0.2) is 0 Å². The van der Waals surface area contributed by atoms with Crippen LogP contribution >= 0.6 is 0 Å². The summed E-state index contributed by atoms with van der Waals surface area (Å²) >= 11 is 0. The zero-order chi connectivity index (χ0) is 13.8. The Kier molecular flexibility index (Phi) is 4.16. The van der Waals surface area contributed by atoms with Gasteiger partial charge in [0.2, 0.25) is 0 Å². The first-order valence-corrected chi connectivity index (χ1v) is 7.61. The van der Waals surface area contributed by atoms with Gasteiger partial charge in [0, 0.05) is 24.0 Å². The number of aromatic nitrogens is 1. The Morgan fingerprint density at radius 3 is 2.95 bits per heavy atom. The minimum absolute atomic E-state index is 0.702. The van der Waals surface area contributed by atoms with Crippen molar-refractivity contribution in [1.82, 2.24) is 10.3 Å². The SMILES string of the molecule is CCCCOc1cc(CNC2CC2)nc2ccccc12. The molecule has 1 saturated carbocycles. The molecular formula is C17H22N2O. The first-order valence-electron chi connectivity index (χ1n) is 7.61. The van der Waals surface area contributed by atoms with E-state index in [1.807, 2.05) is 12.1 Å². The Hall–Kier alpha value is -1.61. The third kappa shape index (κ3) is 3.28. The summed E-state index contributed by atoms with van der Waals surface area (Å²) < 4.78 is 5.96. The second-order valence-electron chi connectivity index (χ2n) is 5.49. The lowest BCUT2D eigenvalue weighted by atomic mass is 10.2. The van der Waals surface area contributed by atoms with Gasteiger partial charge in [0.15, 0.2) is 0 Å². The van der Waals surface area contributed by atoms with Gasteiger partial charge in [0.25, 0.3) is 0 Å². The van der Waals surface area contributed by atoms with Crippen molar-refractivity contribution in [3.05, 3.63) is 36.0 Å². The van der Waals surface area contributed by atoms with Crippen LogP contribution in [0.1, 0.15) is 38.3 Å². The Labute approximate surface area is 120 Å². The summed E-state index contributed by atoms with van der Waals surface area (Å²) in [6, 6.07) is 11.0. The fourth-order valence-corrected chi connectivity index (χ4v) is 2.27. The number of unbranched alkanes of at least 4 members (excludes halogenated alkanes) is 1. The highest BCUT2D eigenvalue weighted by molar-refractivity contribution is 5.85. The number of para-hydroxylation sites is 1. The van der Waals surface area contributed by atoms with Crippen LogP contribution in [0.4, 0.5) is 0 Å². The van der Waals surface area contributed by atoms with E-state index in [9.17, 15) is 0 Å². The van der Waals surface area contributed by atoms with E-state index >= 15 is 0 Å². The number of hydrogen-bond donors (Lipinski definition) is 1. The summed E-state index contributed by atoms with van der Waals surface area (Å²) in [5, 5.41) is 4.62. The molecule has 1 aromatic carbocycles. The van der Waals surface area contributed by atoms with Crippen LogP contribution in [0.2, 0.25) is 0 Å². The molecule has 1 aromatic heterocycles. The topological polar surface area (TPSA) is 34.1 Å². The molecule has 0 amide bonds. The maximum atomic E-state index is 5.96. The van der Waals surface area contributed by atoms with Crippen molar-refractivity contribution < 1.29 is 4.74 Å². The van der Waals surface area contributed by atoms with Crippen LogP contribution in [0.25, 0.3) is 10.9 Å². The van der Waals surface area contributed by atoms with Gasteiger partial charge in [-0.15, -0.1) is 0 Å². The molecule has 1 aliphatic rings. The van der Waals surface area contributed by atoms with Crippen molar-refractivity contribution in [3.8, 4) is 5.75 Å². The molecule has 0 unspecified atom stereocenters. The predicted molar refractivity (Wildman–Crippen MR) is 82.0 cm³/mol. The second-order valence-corrected chi connectivity index (χ2v) is 5.49. The molecule has 1 heterocycles. The van der Waals surface area contributed by atoms with Gasteiger partial charge in [-0.1, -0.05) is 25.5 Å². The smallest absolute Gasteiger partial charge is 0.130 e. The molecule has 0 bridgehead atoms. The van der Waals surface area contributed by atoms with Gasteiger partial charge in [-0.05, 0) is 31.4 Å². The van der Waals surface area contributed by atoms with Crippen LogP contribution in [-0.2, 0) is 6.54 Å². The van der Waals surface area contributed by atoms with E-state index in [4.69, 9.17) is 9.72 Å². The standard InChI is InChI=1S/C17H22N2O/c1-2-3-10-20-17-11-14(12-18-13-8-9-13)19-16-7-5-4-6-15(16)17/h4-7,11,13,18H,2-3,8-10,12H2,1H3. The van der Waals surface area contributed by atoms with Gasteiger partial charge >= 0.3 is 0 Å². The third-order valence-electron chi connectivity index (χ3n) is 3.64. The number of fused-ring (bicyclic) bond motifs is 1. The molecule has 1 N–H and O–H groups in total. The molecule has 0 atom stereocenters. The molecule has 0 aliphatic heterocycles. The van der Waals surface area contributed by atoms with Crippen molar-refractivity contribution in [1.29, 1.82) is 0 Å². The molecule has 0 saturated heterocycles. The number of nitrogens with one attached hydrogen (secondary N) is 1. The highest BCUT2D eigenvalue weighted by Crippen LogP contribution is 2.26. The first kappa shape index (κ1) is 13.4. The highest BCUT2D eigenvalue weighted by atomic mass is 16.5. The molecule has 3 heteroatoms. The Morgan fingerprint density at radius 2 is 2.15 bits per heavy atom. The van der Waals surface area contributed by atoms with E-state index in [0.29, 0.717) is 6.04 Å². The lowest BCUT2D eigenvalue weighted by Gasteiger charge is -2.11. The number of rotatable bonds is 7. The minimum atomic E-state index is 0.702. The van der Waals surface area contributed by atoms with Crippen LogP contribution in [0.5, 0.6) is 5.75 Å². The molecule has 2 aromatic rings. The molecule has 1 fully saturated rings. The van der Waals surface area contributed by atoms with Crippen molar-refractivity contribution in [3.63, 3.8) is 0 Å². The van der Waals surface area contributed by atoms with Crippen LogP contribution in [0.15, 0.2) is 30.3 Å². The van der Waals surface area contributed by atoms with Crippen molar-refractivity contribution in [2.75, 3.05) is 6.61 Å². The summed E-state index contributed by atoms with van der Waals surface area (Å²) in [5.41, 5.74) is 2.09. The van der Waals surface area contributed by atoms with E-state index in [1.54, 1.807) is 0 Å². The molecule has 1 aliphatic carbocycles. The Balaban J connectivity index is 1.83. The maximum absolute atomic E-state index is 5.96. The number of hydrogen-bond acceptors (Lipinski definition) is 3. The lowest BCUT2D eigenvalue weighted by Crippen LogP contribution is -2.16. The summed E-state index contributed by atoms with van der Waals surface area (Å²) in [4.78, 5) is 4.72. The van der Waals surface area contributed by atoms with E-state index in [2.05, 4.69) is 30.4 Å². The molecule has 20 heavy (non-hydrogen) atoms. The second kappa shape index (κ2) is 6.23. The largest absolute Gasteiger partial charge is 0.493 e. The Morgan fingerprint density at radius 1 is 1.30 bits per heavy atom. The van der Waals surface area contributed by atoms with Crippen LogP contribution < -0.4 is 10.1 Å². The summed E-state index contributed by atoms with van der Waals surface area (Å²) in [7, 11) is 0. The first-order chi connectivity index (χ1) is 9.86. The van der Waals surface area contributed by atoms with Crippen LogP contribution in [0.3, 0.4) is 0 Å². The van der Waals surface area contributed by atoms with Crippen LogP contribution in [-0.4, -0.2) is 17.6 Å². The summed E-state index contributed by atoms with van der Waals surface area (Å²) in [6.45, 7) is 3.79. The molecule has 0 radical (unpaired) electrons. The number of pyridine rings is 1. The van der Waals surface area contributed by atoms with Crippen molar-refractivity contribution in [2.24, 2.45) is 0 Å². The fraction of sp³-hybridized carbons (Fsp3) is 0.471. The number of ether oxygens (including phenoxy) is 1. The van der Waals surface area contributed by atoms with Gasteiger partial charge in [0.1, 0.15) is 5.75 Å². The molecule has 0 spiro atoms. The fourth-order valence-electron chi connectivity index (χ4n) is 2.27. The normalized spacial score (nSPS) is 14.7. The molecule has 3 nitrogen and oxygen atoms in total. The van der Waals surface area contributed by atoms with E-state index in [1.165, 1.54) is 12.8 Å². The molecule has 106 valence electrons. The quantitative estimate of drug-likeness (QED) is 0.780. The average molecular weight is 270 g/mol. The Bertz CT molecular complexity index is 578. The molecule has 3 rings (SSSR count). The highest BCUT2D eigenvalue weighted by Gasteiger charge is 2.20. The van der Waals surface area contributed by atoms with E-state index < -0.39 is 0 Å². The van der Waals surface area contributed by atoms with Crippen molar-refractivity contribution in [2.45, 2.75) is 45.2 Å². The zero-order valence-electron chi connectivity index (χ0n) is 12.1. The van der Waals surface area contributed by atoms with Gasteiger partial charge in [0.05, 0.1) is 17.8 Å². The lowest BCUT2D eigenvalue weighted by molar-refractivity contribution is 0.312. The van der Waals surface area contributed by atoms with Gasteiger partial charge in [-0.2, -0.15) is 0 Å². The summed E-state index contributed by atoms with van der Waals surface area (Å²) in [5.74, 6) is 0.969. The van der Waals surface area contributed by atoms with Crippen molar-refractivity contribution >= 4 is 10.9 Å². The van der Waals surface area contributed by atoms with Crippen LogP contribution in [0, 0.1) is 0 Å².